The molecule has 0 unspecified atom stereocenters. The minimum absolute atomic E-state index is 0.244. The predicted octanol–water partition coefficient (Wildman–Crippen LogP) is 5.92. The third-order valence-corrected chi connectivity index (χ3v) is 6.73. The quantitative estimate of drug-likeness (QED) is 0.400. The highest BCUT2D eigenvalue weighted by Crippen LogP contribution is 2.26. The van der Waals surface area contributed by atoms with Crippen LogP contribution in [0.2, 0.25) is 0 Å². The van der Waals surface area contributed by atoms with E-state index in [2.05, 4.69) is 33.9 Å². The summed E-state index contributed by atoms with van der Waals surface area (Å²) in [6.07, 6.45) is 4.31. The number of rotatable bonds is 5. The molecule has 9 nitrogen and oxygen atoms in total. The molecule has 1 amide bonds. The van der Waals surface area contributed by atoms with E-state index in [9.17, 15) is 9.59 Å². The number of carbonyl (C=O) groups excluding carboxylic acids is 2. The number of para-hydroxylation sites is 1. The summed E-state index contributed by atoms with van der Waals surface area (Å²) in [4.78, 5) is 38.9. The number of hydrogen-bond donors (Lipinski definition) is 0. The monoisotopic (exact) mass is 535 g/mol. The van der Waals surface area contributed by atoms with Gasteiger partial charge in [0.05, 0.1) is 16.7 Å². The first-order valence-electron chi connectivity index (χ1n) is 13.6. The fraction of sp³-hybridized carbons (Fsp3) is 0.533. The Labute approximate surface area is 231 Å². The second kappa shape index (κ2) is 11.3. The summed E-state index contributed by atoms with van der Waals surface area (Å²) in [6, 6.07) is 10.2. The maximum Gasteiger partial charge on any atom is 0.420 e. The maximum atomic E-state index is 12.8. The first kappa shape index (κ1) is 28.5. The lowest BCUT2D eigenvalue weighted by molar-refractivity contribution is 0.0130. The SMILES string of the molecule is Cc1cccnc1CN(Cc1cccc2c1ncn2C(=O)OC(C)(C)C)C1CCN(C(=O)OC(C)(C)C)CC1. The Balaban J connectivity index is 1.57. The minimum atomic E-state index is -0.600. The summed E-state index contributed by atoms with van der Waals surface area (Å²) < 4.78 is 12.6. The van der Waals surface area contributed by atoms with Gasteiger partial charge in [0.25, 0.3) is 0 Å². The molecular formula is C30H41N5O4. The van der Waals surface area contributed by atoms with E-state index in [1.54, 1.807) is 4.90 Å². The van der Waals surface area contributed by atoms with Crippen LogP contribution < -0.4 is 0 Å². The fourth-order valence-corrected chi connectivity index (χ4v) is 4.83. The third-order valence-electron chi connectivity index (χ3n) is 6.73. The van der Waals surface area contributed by atoms with Crippen molar-refractivity contribution in [2.24, 2.45) is 0 Å². The summed E-state index contributed by atoms with van der Waals surface area (Å²) in [5.41, 5.74) is 3.57. The van der Waals surface area contributed by atoms with Crippen LogP contribution in [0.25, 0.3) is 11.0 Å². The van der Waals surface area contributed by atoms with E-state index < -0.39 is 17.3 Å². The standard InChI is InChI=1S/C30H41N5O4/c1-21-10-9-15-31-24(21)19-34(23-13-16-33(17-14-23)27(36)38-29(2,3)4)18-22-11-8-12-25-26(22)32-20-35(25)28(37)39-30(5,6)7/h8-12,15,20,23H,13-14,16-19H2,1-7H3. The Bertz CT molecular complexity index is 1310. The molecule has 210 valence electrons. The van der Waals surface area contributed by atoms with Gasteiger partial charge in [-0.1, -0.05) is 18.2 Å². The molecule has 1 aliphatic rings. The van der Waals surface area contributed by atoms with Gasteiger partial charge in [-0.15, -0.1) is 0 Å². The molecule has 3 aromatic rings. The molecule has 39 heavy (non-hydrogen) atoms. The number of aromatic nitrogens is 3. The molecule has 0 saturated carbocycles. The number of aryl methyl sites for hydroxylation is 1. The average Bonchev–Trinajstić information content (AvgIpc) is 3.28. The van der Waals surface area contributed by atoms with Crippen LogP contribution in [0.5, 0.6) is 0 Å². The lowest BCUT2D eigenvalue weighted by Crippen LogP contribution is -2.47. The van der Waals surface area contributed by atoms with E-state index in [0.29, 0.717) is 26.2 Å². The van der Waals surface area contributed by atoms with Gasteiger partial charge in [-0.05, 0) is 84.6 Å². The molecule has 2 aromatic heterocycles. The fourth-order valence-electron chi connectivity index (χ4n) is 4.83. The van der Waals surface area contributed by atoms with E-state index in [1.165, 1.54) is 10.9 Å². The number of hydrogen-bond acceptors (Lipinski definition) is 7. The van der Waals surface area contributed by atoms with Crippen LogP contribution in [-0.4, -0.2) is 66.9 Å². The van der Waals surface area contributed by atoms with Crippen molar-refractivity contribution < 1.29 is 19.1 Å². The lowest BCUT2D eigenvalue weighted by atomic mass is 10.0. The molecule has 0 atom stereocenters. The highest BCUT2D eigenvalue weighted by atomic mass is 16.6. The second-order valence-corrected chi connectivity index (χ2v) is 12.3. The Hall–Kier alpha value is -3.46. The Morgan fingerprint density at radius 1 is 0.923 bits per heavy atom. The zero-order chi connectivity index (χ0) is 28.4. The average molecular weight is 536 g/mol. The van der Waals surface area contributed by atoms with Gasteiger partial charge in [0, 0.05) is 38.4 Å². The summed E-state index contributed by atoms with van der Waals surface area (Å²) >= 11 is 0. The molecule has 9 heteroatoms. The van der Waals surface area contributed by atoms with E-state index in [1.807, 2.05) is 65.9 Å². The number of fused-ring (bicyclic) bond motifs is 1. The number of imidazole rings is 1. The molecule has 4 rings (SSSR count). The molecule has 0 N–H and O–H groups in total. The Morgan fingerprint density at radius 2 is 1.59 bits per heavy atom. The van der Waals surface area contributed by atoms with E-state index in [4.69, 9.17) is 9.47 Å². The molecule has 3 heterocycles. The Morgan fingerprint density at radius 3 is 2.23 bits per heavy atom. The highest BCUT2D eigenvalue weighted by molar-refractivity contribution is 5.88. The van der Waals surface area contributed by atoms with Crippen molar-refractivity contribution in [1.82, 2.24) is 24.3 Å². The molecule has 0 aliphatic carbocycles. The summed E-state index contributed by atoms with van der Waals surface area (Å²) in [6.45, 7) is 15.9. The molecule has 0 bridgehead atoms. The van der Waals surface area contributed by atoms with E-state index in [0.717, 1.165) is 40.7 Å². The molecule has 0 radical (unpaired) electrons. The van der Waals surface area contributed by atoms with Crippen molar-refractivity contribution in [2.45, 2.75) is 91.6 Å². The smallest absolute Gasteiger partial charge is 0.420 e. The number of piperidine rings is 1. The zero-order valence-electron chi connectivity index (χ0n) is 24.2. The lowest BCUT2D eigenvalue weighted by Gasteiger charge is -2.39. The largest absolute Gasteiger partial charge is 0.444 e. The highest BCUT2D eigenvalue weighted by Gasteiger charge is 2.30. The zero-order valence-corrected chi connectivity index (χ0v) is 24.2. The molecule has 1 aliphatic heterocycles. The number of pyridine rings is 1. The van der Waals surface area contributed by atoms with Gasteiger partial charge in [0.1, 0.15) is 17.5 Å². The molecule has 1 aromatic carbocycles. The number of nitrogens with zero attached hydrogens (tertiary/aromatic N) is 5. The van der Waals surface area contributed by atoms with Crippen LogP contribution in [0.1, 0.15) is 71.2 Å². The van der Waals surface area contributed by atoms with Crippen LogP contribution >= 0.6 is 0 Å². The van der Waals surface area contributed by atoms with E-state index in [-0.39, 0.29) is 12.1 Å². The van der Waals surface area contributed by atoms with Crippen molar-refractivity contribution in [1.29, 1.82) is 0 Å². The second-order valence-electron chi connectivity index (χ2n) is 12.3. The van der Waals surface area contributed by atoms with Crippen molar-refractivity contribution in [3.8, 4) is 0 Å². The van der Waals surface area contributed by atoms with Crippen LogP contribution in [0, 0.1) is 6.92 Å². The first-order valence-corrected chi connectivity index (χ1v) is 13.6. The molecule has 1 saturated heterocycles. The summed E-state index contributed by atoms with van der Waals surface area (Å²) in [7, 11) is 0. The van der Waals surface area contributed by atoms with Gasteiger partial charge < -0.3 is 14.4 Å². The summed E-state index contributed by atoms with van der Waals surface area (Å²) in [5.74, 6) is 0. The minimum Gasteiger partial charge on any atom is -0.444 e. The van der Waals surface area contributed by atoms with Gasteiger partial charge >= 0.3 is 12.2 Å². The van der Waals surface area contributed by atoms with Crippen LogP contribution in [0.3, 0.4) is 0 Å². The normalized spacial score (nSPS) is 15.1. The van der Waals surface area contributed by atoms with Gasteiger partial charge in [-0.25, -0.2) is 19.1 Å². The molecule has 0 spiro atoms. The molecular weight excluding hydrogens is 494 g/mol. The van der Waals surface area contributed by atoms with Crippen LogP contribution in [0.15, 0.2) is 42.9 Å². The van der Waals surface area contributed by atoms with Crippen molar-refractivity contribution in [2.75, 3.05) is 13.1 Å². The topological polar surface area (TPSA) is 89.8 Å². The summed E-state index contributed by atoms with van der Waals surface area (Å²) in [5, 5.41) is 0. The molecule has 1 fully saturated rings. The predicted molar refractivity (Wildman–Crippen MR) is 150 cm³/mol. The Kier molecular flexibility index (Phi) is 8.30. The number of benzene rings is 1. The number of ether oxygens (including phenoxy) is 2. The van der Waals surface area contributed by atoms with Crippen LogP contribution in [-0.2, 0) is 22.6 Å². The van der Waals surface area contributed by atoms with Gasteiger partial charge in [0.2, 0.25) is 0 Å². The number of likely N-dealkylation sites (tertiary alicyclic amines) is 1. The van der Waals surface area contributed by atoms with Crippen molar-refractivity contribution in [3.05, 3.63) is 59.7 Å². The van der Waals surface area contributed by atoms with Crippen LogP contribution in [0.4, 0.5) is 9.59 Å². The van der Waals surface area contributed by atoms with Crippen molar-refractivity contribution >= 4 is 23.2 Å². The maximum absolute atomic E-state index is 12.8. The first-order chi connectivity index (χ1) is 18.3. The number of carbonyl (C=O) groups is 2. The van der Waals surface area contributed by atoms with Gasteiger partial charge in [0.15, 0.2) is 0 Å². The van der Waals surface area contributed by atoms with Gasteiger partial charge in [-0.3, -0.25) is 9.88 Å². The van der Waals surface area contributed by atoms with Crippen molar-refractivity contribution in [3.63, 3.8) is 0 Å². The van der Waals surface area contributed by atoms with E-state index >= 15 is 0 Å². The third kappa shape index (κ3) is 7.35. The van der Waals surface area contributed by atoms with Gasteiger partial charge in [-0.2, -0.15) is 0 Å². The number of amides is 1.